The molecule has 0 atom stereocenters. The molecule has 0 aliphatic heterocycles. The summed E-state index contributed by atoms with van der Waals surface area (Å²) in [5.41, 5.74) is 7.33. The summed E-state index contributed by atoms with van der Waals surface area (Å²) < 4.78 is 0. The van der Waals surface area contributed by atoms with Crippen molar-refractivity contribution in [3.63, 3.8) is 0 Å². The van der Waals surface area contributed by atoms with Gasteiger partial charge in [0.25, 0.3) is 0 Å². The summed E-state index contributed by atoms with van der Waals surface area (Å²) in [4.78, 5) is 2.20. The number of aryl methyl sites for hydroxylation is 1. The summed E-state index contributed by atoms with van der Waals surface area (Å²) in [6, 6.07) is 12.1. The molecular weight excluding hydrogens is 282 g/mol. The first-order valence-electron chi connectivity index (χ1n) is 8.02. The van der Waals surface area contributed by atoms with Crippen molar-refractivity contribution in [2.75, 3.05) is 20.6 Å². The van der Waals surface area contributed by atoms with Crippen molar-refractivity contribution in [2.24, 2.45) is 0 Å². The van der Waals surface area contributed by atoms with E-state index in [9.17, 15) is 5.11 Å². The second-order valence-corrected chi connectivity index (χ2v) is 6.35. The van der Waals surface area contributed by atoms with Crippen LogP contribution < -0.4 is 0 Å². The van der Waals surface area contributed by atoms with Gasteiger partial charge in [0.15, 0.2) is 0 Å². The van der Waals surface area contributed by atoms with Gasteiger partial charge in [-0.15, -0.1) is 0 Å². The fourth-order valence-electron chi connectivity index (χ4n) is 3.12. The van der Waals surface area contributed by atoms with Gasteiger partial charge in [-0.25, -0.2) is 0 Å². The lowest BCUT2D eigenvalue weighted by atomic mass is 9.89. The maximum Gasteiger partial charge on any atom is 0.116 e. The first-order valence-corrected chi connectivity index (χ1v) is 8.02. The zero-order chi connectivity index (χ0) is 16.4. The highest BCUT2D eigenvalue weighted by Gasteiger charge is 2.17. The third kappa shape index (κ3) is 3.22. The molecule has 0 unspecified atom stereocenters. The Balaban J connectivity index is 2.18. The summed E-state index contributed by atoms with van der Waals surface area (Å²) in [6.45, 7) is 3.18. The van der Waals surface area contributed by atoms with Gasteiger partial charge >= 0.3 is 0 Å². The SMILES string of the molecule is Cc1cccc2c1/C(=C/CCN(C)C)c1ccc(O)cc1C=C2. The van der Waals surface area contributed by atoms with Gasteiger partial charge < -0.3 is 10.0 Å². The van der Waals surface area contributed by atoms with Gasteiger partial charge in [-0.3, -0.25) is 0 Å². The van der Waals surface area contributed by atoms with Crippen molar-refractivity contribution in [1.82, 2.24) is 4.90 Å². The highest BCUT2D eigenvalue weighted by atomic mass is 16.3. The Kier molecular flexibility index (Phi) is 4.35. The second kappa shape index (κ2) is 6.43. The van der Waals surface area contributed by atoms with Gasteiger partial charge in [-0.2, -0.15) is 0 Å². The zero-order valence-electron chi connectivity index (χ0n) is 14.0. The van der Waals surface area contributed by atoms with Crippen LogP contribution in [0.3, 0.4) is 0 Å². The highest BCUT2D eigenvalue weighted by Crippen LogP contribution is 2.37. The molecule has 0 fully saturated rings. The summed E-state index contributed by atoms with van der Waals surface area (Å²) in [7, 11) is 4.19. The van der Waals surface area contributed by atoms with E-state index in [0.717, 1.165) is 18.5 Å². The lowest BCUT2D eigenvalue weighted by molar-refractivity contribution is 0.417. The van der Waals surface area contributed by atoms with Gasteiger partial charge in [-0.05, 0) is 73.0 Å². The molecule has 0 spiro atoms. The van der Waals surface area contributed by atoms with Crippen LogP contribution in [0.4, 0.5) is 0 Å². The molecule has 2 nitrogen and oxygen atoms in total. The number of hydrogen-bond donors (Lipinski definition) is 1. The molecule has 118 valence electrons. The molecule has 0 saturated carbocycles. The molecule has 23 heavy (non-hydrogen) atoms. The number of nitrogens with zero attached hydrogens (tertiary/aromatic N) is 1. The Morgan fingerprint density at radius 3 is 2.61 bits per heavy atom. The Morgan fingerprint density at radius 1 is 1.04 bits per heavy atom. The van der Waals surface area contributed by atoms with Gasteiger partial charge in [-0.1, -0.05) is 42.5 Å². The standard InChI is InChI=1S/C21H23NO/c1-15-6-4-7-16-9-10-17-14-18(23)11-12-19(17)20(21(15)16)8-5-13-22(2)3/h4,6-12,14,23H,5,13H2,1-3H3/b20-8+. The van der Waals surface area contributed by atoms with E-state index in [2.05, 4.69) is 62.3 Å². The van der Waals surface area contributed by atoms with Gasteiger partial charge in [0.2, 0.25) is 0 Å². The molecule has 3 rings (SSSR count). The van der Waals surface area contributed by atoms with Crippen LogP contribution in [-0.4, -0.2) is 30.6 Å². The van der Waals surface area contributed by atoms with Crippen molar-refractivity contribution in [2.45, 2.75) is 13.3 Å². The second-order valence-electron chi connectivity index (χ2n) is 6.35. The predicted molar refractivity (Wildman–Crippen MR) is 98.5 cm³/mol. The molecular formula is C21H23NO. The first-order chi connectivity index (χ1) is 11.1. The topological polar surface area (TPSA) is 23.5 Å². The molecule has 0 radical (unpaired) electrons. The third-order valence-electron chi connectivity index (χ3n) is 4.27. The summed E-state index contributed by atoms with van der Waals surface area (Å²) in [6.07, 6.45) is 7.57. The number of hydrogen-bond acceptors (Lipinski definition) is 2. The van der Waals surface area contributed by atoms with E-state index in [1.54, 1.807) is 6.07 Å². The summed E-state index contributed by atoms with van der Waals surface area (Å²) in [5, 5.41) is 9.83. The third-order valence-corrected chi connectivity index (χ3v) is 4.27. The van der Waals surface area contributed by atoms with E-state index >= 15 is 0 Å². The number of benzene rings is 2. The number of fused-ring (bicyclic) bond motifs is 2. The molecule has 0 saturated heterocycles. The summed E-state index contributed by atoms with van der Waals surface area (Å²) in [5.74, 6) is 0.309. The van der Waals surface area contributed by atoms with E-state index in [4.69, 9.17) is 0 Å². The minimum atomic E-state index is 0.309. The van der Waals surface area contributed by atoms with Crippen molar-refractivity contribution >= 4 is 17.7 Å². The molecule has 1 N–H and O–H groups in total. The first kappa shape index (κ1) is 15.6. The van der Waals surface area contributed by atoms with Crippen LogP contribution in [0.2, 0.25) is 0 Å². The minimum Gasteiger partial charge on any atom is -0.508 e. The quantitative estimate of drug-likeness (QED) is 0.766. The van der Waals surface area contributed by atoms with Crippen LogP contribution in [0, 0.1) is 6.92 Å². The van der Waals surface area contributed by atoms with E-state index < -0.39 is 0 Å². The lowest BCUT2D eigenvalue weighted by Gasteiger charge is -2.16. The maximum atomic E-state index is 9.83. The van der Waals surface area contributed by atoms with Crippen LogP contribution in [0.5, 0.6) is 5.75 Å². The fourth-order valence-corrected chi connectivity index (χ4v) is 3.12. The Bertz CT molecular complexity index is 784. The van der Waals surface area contributed by atoms with E-state index in [0.29, 0.717) is 5.75 Å². The van der Waals surface area contributed by atoms with E-state index in [-0.39, 0.29) is 0 Å². The van der Waals surface area contributed by atoms with E-state index in [1.165, 1.54) is 27.8 Å². The molecule has 1 aliphatic rings. The maximum absolute atomic E-state index is 9.83. The largest absolute Gasteiger partial charge is 0.508 e. The van der Waals surface area contributed by atoms with Crippen molar-refractivity contribution in [1.29, 1.82) is 0 Å². The molecule has 2 aromatic carbocycles. The summed E-state index contributed by atoms with van der Waals surface area (Å²) >= 11 is 0. The van der Waals surface area contributed by atoms with E-state index in [1.807, 2.05) is 12.1 Å². The number of phenols is 1. The molecule has 0 heterocycles. The van der Waals surface area contributed by atoms with Crippen molar-refractivity contribution in [3.8, 4) is 5.75 Å². The Labute approximate surface area is 138 Å². The molecule has 0 aromatic heterocycles. The average Bonchev–Trinajstić information content (AvgIpc) is 2.65. The van der Waals surface area contributed by atoms with Crippen LogP contribution in [-0.2, 0) is 0 Å². The van der Waals surface area contributed by atoms with Crippen LogP contribution in [0.1, 0.15) is 34.2 Å². The van der Waals surface area contributed by atoms with Gasteiger partial charge in [0, 0.05) is 6.54 Å². The average molecular weight is 305 g/mol. The number of rotatable bonds is 3. The lowest BCUT2D eigenvalue weighted by Crippen LogP contribution is -2.12. The van der Waals surface area contributed by atoms with Crippen molar-refractivity contribution < 1.29 is 5.11 Å². The van der Waals surface area contributed by atoms with Gasteiger partial charge in [0.05, 0.1) is 0 Å². The minimum absolute atomic E-state index is 0.309. The molecule has 0 amide bonds. The smallest absolute Gasteiger partial charge is 0.116 e. The number of phenolic OH excluding ortho intramolecular Hbond substituents is 1. The molecule has 2 aromatic rings. The Morgan fingerprint density at radius 2 is 1.83 bits per heavy atom. The number of aromatic hydroxyl groups is 1. The molecule has 2 heteroatoms. The zero-order valence-corrected chi connectivity index (χ0v) is 14.0. The van der Waals surface area contributed by atoms with Crippen molar-refractivity contribution in [3.05, 3.63) is 70.3 Å². The Hall–Kier alpha value is -2.32. The van der Waals surface area contributed by atoms with Crippen LogP contribution in [0.15, 0.2) is 42.5 Å². The normalized spacial score (nSPS) is 14.7. The molecule has 0 bridgehead atoms. The van der Waals surface area contributed by atoms with Gasteiger partial charge in [0.1, 0.15) is 5.75 Å². The predicted octanol–water partition coefficient (Wildman–Crippen LogP) is 4.57. The monoisotopic (exact) mass is 305 g/mol. The highest BCUT2D eigenvalue weighted by molar-refractivity contribution is 5.94. The van der Waals surface area contributed by atoms with Crippen LogP contribution >= 0.6 is 0 Å². The fraction of sp³-hybridized carbons (Fsp3) is 0.238. The van der Waals surface area contributed by atoms with Crippen LogP contribution in [0.25, 0.3) is 17.7 Å². The molecule has 1 aliphatic carbocycles.